The van der Waals surface area contributed by atoms with Crippen LogP contribution >= 0.6 is 11.6 Å². The molecule has 5 atom stereocenters. The minimum atomic E-state index is -2.95. The molecule has 4 amide bonds. The summed E-state index contributed by atoms with van der Waals surface area (Å²) in [6.45, 7) is 12.0. The summed E-state index contributed by atoms with van der Waals surface area (Å²) in [5.41, 5.74) is -0.676. The lowest BCUT2D eigenvalue weighted by Crippen LogP contribution is -2.68. The zero-order valence-corrected chi connectivity index (χ0v) is 37.1. The number of nitrogens with one attached hydrogen (secondary N) is 3. The molecule has 0 spiro atoms. The van der Waals surface area contributed by atoms with E-state index in [4.69, 9.17) is 20.8 Å². The Morgan fingerprint density at radius 3 is 2.20 bits per heavy atom. The second kappa shape index (κ2) is 19.5. The summed E-state index contributed by atoms with van der Waals surface area (Å²) < 4.78 is 12.3. The fourth-order valence-electron chi connectivity index (χ4n) is 8.08. The summed E-state index contributed by atoms with van der Waals surface area (Å²) in [6, 6.07) is 22.7. The minimum absolute atomic E-state index is 0.125. The zero-order chi connectivity index (χ0) is 43.0. The summed E-state index contributed by atoms with van der Waals surface area (Å²) in [5, 5.41) is 11.0. The topological polar surface area (TPSA) is 143 Å². The summed E-state index contributed by atoms with van der Waals surface area (Å²) in [6.07, 6.45) is 5.12. The molecule has 2 fully saturated rings. The van der Waals surface area contributed by atoms with Gasteiger partial charge in [-0.3, -0.25) is 24.0 Å². The second-order valence-corrected chi connectivity index (χ2v) is 21.4. The molecule has 3 aromatic carbocycles. The van der Waals surface area contributed by atoms with Crippen molar-refractivity contribution in [3.05, 3.63) is 102 Å². The van der Waals surface area contributed by atoms with Gasteiger partial charge in [0, 0.05) is 13.0 Å². The standard InChI is InChI=1S/C46H59ClN4O7Si/c1-8-46(6)44(56)49-37(29-32-26-27-35(47)40(30-32)57-7)43(55)51-28-18-24-38(51)42(54)48-36(41(53)50-46)23-16-11-17-25-39(52)31(2)58-59(45(3,4)5,33-19-12-9-13-20-33)34-21-14-10-15-22-34/h9-10,12-15,17,19-22,25-27,30-31,36-38H,8,11,16,18,23-24,28-29H2,1-7H3,(H,48,54)(H,49,56)(H,50,53)/b25-17+/t31-,36-,37-,38+,46-/m0/s1. The largest absolute Gasteiger partial charge is 0.495 e. The zero-order valence-electron chi connectivity index (χ0n) is 35.3. The molecule has 316 valence electrons. The van der Waals surface area contributed by atoms with Crippen LogP contribution in [-0.4, -0.2) is 86.1 Å². The van der Waals surface area contributed by atoms with Crippen LogP contribution in [0.1, 0.15) is 85.6 Å². The number of rotatable bonds is 14. The number of hydrogen-bond donors (Lipinski definition) is 3. The monoisotopic (exact) mass is 842 g/mol. The van der Waals surface area contributed by atoms with Crippen LogP contribution in [0.15, 0.2) is 91.0 Å². The molecule has 11 nitrogen and oxygen atoms in total. The Hall–Kier alpha value is -4.78. The lowest BCUT2D eigenvalue weighted by atomic mass is 9.94. The third-order valence-electron chi connectivity index (χ3n) is 11.7. The van der Waals surface area contributed by atoms with E-state index in [9.17, 15) is 24.0 Å². The van der Waals surface area contributed by atoms with Crippen molar-refractivity contribution >= 4 is 59.7 Å². The first-order chi connectivity index (χ1) is 28.0. The molecule has 3 aromatic rings. The number of allylic oxidation sites excluding steroid dienone is 1. The Labute approximate surface area is 354 Å². The van der Waals surface area contributed by atoms with Gasteiger partial charge in [0.1, 0.15) is 35.5 Å². The third-order valence-corrected chi connectivity index (χ3v) is 17.1. The Balaban J connectivity index is 1.29. The first-order valence-electron chi connectivity index (χ1n) is 20.6. The van der Waals surface area contributed by atoms with Crippen molar-refractivity contribution in [3.8, 4) is 5.75 Å². The number of amides is 4. The summed E-state index contributed by atoms with van der Waals surface area (Å²) in [7, 11) is -1.46. The van der Waals surface area contributed by atoms with Gasteiger partial charge >= 0.3 is 0 Å². The molecule has 2 aliphatic rings. The highest BCUT2D eigenvalue weighted by Gasteiger charge is 2.51. The van der Waals surface area contributed by atoms with Crippen LogP contribution in [0.3, 0.4) is 0 Å². The maximum absolute atomic E-state index is 14.2. The number of nitrogens with zero attached hydrogens (tertiary/aromatic N) is 1. The molecule has 59 heavy (non-hydrogen) atoms. The average molecular weight is 844 g/mol. The first kappa shape index (κ1) is 45.3. The number of halogens is 1. The first-order valence-corrected chi connectivity index (χ1v) is 22.9. The molecule has 0 unspecified atom stereocenters. The van der Waals surface area contributed by atoms with E-state index in [1.54, 1.807) is 51.1 Å². The predicted molar refractivity (Wildman–Crippen MR) is 233 cm³/mol. The number of hydrogen-bond acceptors (Lipinski definition) is 7. The van der Waals surface area contributed by atoms with Crippen molar-refractivity contribution in [1.29, 1.82) is 0 Å². The number of ketones is 1. The van der Waals surface area contributed by atoms with Gasteiger partial charge < -0.3 is 30.0 Å². The van der Waals surface area contributed by atoms with E-state index in [0.717, 1.165) is 10.4 Å². The van der Waals surface area contributed by atoms with Crippen molar-refractivity contribution in [2.45, 2.75) is 121 Å². The van der Waals surface area contributed by atoms with Crippen molar-refractivity contribution in [2.75, 3.05) is 13.7 Å². The van der Waals surface area contributed by atoms with Crippen LogP contribution in [0.2, 0.25) is 10.1 Å². The highest BCUT2D eigenvalue weighted by molar-refractivity contribution is 6.99. The van der Waals surface area contributed by atoms with Crippen LogP contribution in [0.25, 0.3) is 0 Å². The molecular weight excluding hydrogens is 784 g/mol. The molecule has 0 bridgehead atoms. The van der Waals surface area contributed by atoms with Gasteiger partial charge in [-0.05, 0) is 91.6 Å². The highest BCUT2D eigenvalue weighted by atomic mass is 35.5. The molecule has 2 aliphatic heterocycles. The van der Waals surface area contributed by atoms with Crippen molar-refractivity contribution in [1.82, 2.24) is 20.9 Å². The Morgan fingerprint density at radius 1 is 0.966 bits per heavy atom. The van der Waals surface area contributed by atoms with Crippen LogP contribution < -0.4 is 31.1 Å². The molecule has 3 N–H and O–H groups in total. The Morgan fingerprint density at radius 2 is 1.61 bits per heavy atom. The van der Waals surface area contributed by atoms with Crippen LogP contribution in [0, 0.1) is 0 Å². The van der Waals surface area contributed by atoms with E-state index in [0.29, 0.717) is 48.6 Å². The summed E-state index contributed by atoms with van der Waals surface area (Å²) in [4.78, 5) is 71.1. The Kier molecular flexibility index (Phi) is 15.0. The van der Waals surface area contributed by atoms with E-state index in [-0.39, 0.29) is 36.0 Å². The van der Waals surface area contributed by atoms with E-state index in [1.165, 1.54) is 12.0 Å². The molecular formula is C46H59ClN4O7Si. The van der Waals surface area contributed by atoms with Crippen molar-refractivity contribution in [2.24, 2.45) is 0 Å². The molecule has 0 radical (unpaired) electrons. The lowest BCUT2D eigenvalue weighted by Gasteiger charge is -2.44. The number of fused-ring (bicyclic) bond motifs is 1. The number of unbranched alkanes of at least 4 members (excludes halogenated alkanes) is 1. The summed E-state index contributed by atoms with van der Waals surface area (Å²) in [5.74, 6) is -1.55. The number of methoxy groups -OCH3 is 1. The number of carbonyl (C=O) groups is 5. The summed E-state index contributed by atoms with van der Waals surface area (Å²) >= 11 is 6.25. The Bertz CT molecular complexity index is 1970. The number of benzene rings is 3. The molecule has 2 heterocycles. The van der Waals surface area contributed by atoms with Crippen molar-refractivity contribution in [3.63, 3.8) is 0 Å². The van der Waals surface area contributed by atoms with E-state index in [2.05, 4.69) is 61.0 Å². The van der Waals surface area contributed by atoms with Gasteiger partial charge in [-0.1, -0.05) is 112 Å². The second-order valence-electron chi connectivity index (χ2n) is 16.8. The van der Waals surface area contributed by atoms with Gasteiger partial charge in [0.05, 0.1) is 12.1 Å². The maximum Gasteiger partial charge on any atom is 0.262 e. The van der Waals surface area contributed by atoms with Gasteiger partial charge in [0.25, 0.3) is 8.32 Å². The van der Waals surface area contributed by atoms with Crippen LogP contribution in [0.4, 0.5) is 0 Å². The maximum atomic E-state index is 14.2. The molecule has 0 aromatic heterocycles. The van der Waals surface area contributed by atoms with Crippen molar-refractivity contribution < 1.29 is 33.1 Å². The molecule has 0 aliphatic carbocycles. The van der Waals surface area contributed by atoms with Crippen LogP contribution in [-0.2, 0) is 34.8 Å². The highest BCUT2D eigenvalue weighted by Crippen LogP contribution is 2.37. The van der Waals surface area contributed by atoms with E-state index < -0.39 is 55.8 Å². The normalized spacial score (nSPS) is 22.4. The minimum Gasteiger partial charge on any atom is -0.495 e. The van der Waals surface area contributed by atoms with Gasteiger partial charge in [0.15, 0.2) is 5.78 Å². The average Bonchev–Trinajstić information content (AvgIpc) is 3.72. The van der Waals surface area contributed by atoms with Gasteiger partial charge in [-0.15, -0.1) is 0 Å². The molecule has 0 saturated carbocycles. The number of ether oxygens (including phenoxy) is 1. The third kappa shape index (κ3) is 10.3. The van der Waals surface area contributed by atoms with E-state index >= 15 is 0 Å². The quantitative estimate of drug-likeness (QED) is 0.112. The van der Waals surface area contributed by atoms with E-state index in [1.807, 2.05) is 36.4 Å². The SMILES string of the molecule is CC[C@]1(C)NC(=O)[C@H](CCC/C=C/C(=O)[C@H](C)O[Si](c2ccccc2)(c2ccccc2)C(C)(C)C)NC(=O)[C@H]2CCCN2C(=O)[C@H](Cc2ccc(Cl)c(OC)c2)NC1=O. The van der Waals surface area contributed by atoms with Gasteiger partial charge in [0.2, 0.25) is 23.6 Å². The lowest BCUT2D eigenvalue weighted by molar-refractivity contribution is -0.144. The fourth-order valence-corrected chi connectivity index (χ4v) is 12.9. The number of carbonyl (C=O) groups excluding carboxylic acids is 5. The van der Waals surface area contributed by atoms with Gasteiger partial charge in [-0.25, -0.2) is 0 Å². The molecule has 13 heteroatoms. The van der Waals surface area contributed by atoms with Crippen LogP contribution in [0.5, 0.6) is 5.75 Å². The smallest absolute Gasteiger partial charge is 0.262 e. The van der Waals surface area contributed by atoms with Gasteiger partial charge in [-0.2, -0.15) is 0 Å². The fraction of sp³-hybridized carbons (Fsp3) is 0.457. The molecule has 5 rings (SSSR count). The molecule has 2 saturated heterocycles. The predicted octanol–water partition coefficient (Wildman–Crippen LogP) is 5.41.